The zero-order valence-corrected chi connectivity index (χ0v) is 20.3. The molecule has 3 rings (SSSR count). The van der Waals surface area contributed by atoms with Gasteiger partial charge in [0.2, 0.25) is 21.8 Å². The number of hydrogen-bond donors (Lipinski definition) is 0. The second-order valence-electron chi connectivity index (χ2n) is 9.03. The van der Waals surface area contributed by atoms with Crippen molar-refractivity contribution >= 4 is 27.5 Å². The molecule has 7 nitrogen and oxygen atoms in total. The Morgan fingerprint density at radius 2 is 1.72 bits per heavy atom. The number of sulfonamides is 1. The number of fused-ring (bicyclic) bond motifs is 1. The first kappa shape index (κ1) is 23.9. The van der Waals surface area contributed by atoms with Crippen LogP contribution in [-0.4, -0.2) is 56.1 Å². The summed E-state index contributed by atoms with van der Waals surface area (Å²) in [6.07, 6.45) is 0. The number of likely N-dealkylation sites (N-methyl/N-ethyl adjacent to an activating group) is 2. The van der Waals surface area contributed by atoms with Crippen molar-refractivity contribution in [3.05, 3.63) is 59.7 Å². The predicted molar refractivity (Wildman–Crippen MR) is 125 cm³/mol. The van der Waals surface area contributed by atoms with Crippen LogP contribution in [0, 0.1) is 0 Å². The Hall–Kier alpha value is -2.71. The standard InChI is InChI=1S/C24H31N3O4S/c1-17(2)27(15-18-10-8-7-9-11-18)22(28)16-25(5)32(30,31)19-12-13-21-20(14-19)24(3,4)23(29)26(21)6/h7-14,17H,15-16H2,1-6H3. The number of hydrogen-bond acceptors (Lipinski definition) is 4. The third kappa shape index (κ3) is 4.29. The van der Waals surface area contributed by atoms with E-state index in [0.29, 0.717) is 17.8 Å². The molecule has 0 fully saturated rings. The average molecular weight is 458 g/mol. The van der Waals surface area contributed by atoms with Crippen molar-refractivity contribution in [2.45, 2.75) is 50.6 Å². The van der Waals surface area contributed by atoms with Crippen LogP contribution in [0.1, 0.15) is 38.8 Å². The maximum absolute atomic E-state index is 13.2. The van der Waals surface area contributed by atoms with E-state index in [1.807, 2.05) is 44.2 Å². The molecule has 0 unspecified atom stereocenters. The predicted octanol–water partition coefficient (Wildman–Crippen LogP) is 3.00. The molecule has 2 aromatic carbocycles. The molecule has 0 aliphatic carbocycles. The highest BCUT2D eigenvalue weighted by molar-refractivity contribution is 7.89. The van der Waals surface area contributed by atoms with Gasteiger partial charge in [-0.2, -0.15) is 4.31 Å². The first-order valence-electron chi connectivity index (χ1n) is 10.6. The third-order valence-corrected chi connectivity index (χ3v) is 7.85. The molecule has 1 aliphatic heterocycles. The highest BCUT2D eigenvalue weighted by Crippen LogP contribution is 2.41. The Balaban J connectivity index is 1.83. The van der Waals surface area contributed by atoms with Gasteiger partial charge in [-0.3, -0.25) is 9.59 Å². The summed E-state index contributed by atoms with van der Waals surface area (Å²) in [5.41, 5.74) is 1.54. The second kappa shape index (κ2) is 8.67. The maximum atomic E-state index is 13.2. The Labute approximate surface area is 190 Å². The highest BCUT2D eigenvalue weighted by Gasteiger charge is 2.43. The molecule has 0 saturated heterocycles. The largest absolute Gasteiger partial charge is 0.335 e. The fourth-order valence-corrected chi connectivity index (χ4v) is 5.14. The lowest BCUT2D eigenvalue weighted by atomic mass is 9.86. The van der Waals surface area contributed by atoms with Crippen molar-refractivity contribution < 1.29 is 18.0 Å². The van der Waals surface area contributed by atoms with Crippen molar-refractivity contribution in [2.24, 2.45) is 0 Å². The molecular formula is C24H31N3O4S. The van der Waals surface area contributed by atoms with Crippen LogP contribution >= 0.6 is 0 Å². The molecule has 0 spiro atoms. The Bertz CT molecular complexity index is 1130. The number of carbonyl (C=O) groups excluding carboxylic acids is 2. The normalized spacial score (nSPS) is 15.4. The van der Waals surface area contributed by atoms with Crippen LogP contribution in [0.4, 0.5) is 5.69 Å². The highest BCUT2D eigenvalue weighted by atomic mass is 32.2. The van der Waals surface area contributed by atoms with E-state index in [4.69, 9.17) is 0 Å². The van der Waals surface area contributed by atoms with Gasteiger partial charge in [-0.15, -0.1) is 0 Å². The van der Waals surface area contributed by atoms with Gasteiger partial charge in [0.05, 0.1) is 16.9 Å². The third-order valence-electron chi connectivity index (χ3n) is 6.05. The first-order chi connectivity index (χ1) is 14.9. The summed E-state index contributed by atoms with van der Waals surface area (Å²) in [6.45, 7) is 7.52. The van der Waals surface area contributed by atoms with Gasteiger partial charge in [-0.05, 0) is 57.0 Å². The zero-order chi connectivity index (χ0) is 23.8. The lowest BCUT2D eigenvalue weighted by Crippen LogP contribution is -2.43. The number of anilines is 1. The number of nitrogens with zero attached hydrogens (tertiary/aromatic N) is 3. The van der Waals surface area contributed by atoms with Crippen molar-refractivity contribution in [3.8, 4) is 0 Å². The van der Waals surface area contributed by atoms with E-state index in [9.17, 15) is 18.0 Å². The van der Waals surface area contributed by atoms with E-state index >= 15 is 0 Å². The van der Waals surface area contributed by atoms with E-state index < -0.39 is 15.4 Å². The van der Waals surface area contributed by atoms with Crippen molar-refractivity contribution in [2.75, 3.05) is 25.5 Å². The molecule has 0 aromatic heterocycles. The Morgan fingerprint density at radius 1 is 1.09 bits per heavy atom. The summed E-state index contributed by atoms with van der Waals surface area (Å²) >= 11 is 0. The lowest BCUT2D eigenvalue weighted by molar-refractivity contribution is -0.133. The minimum Gasteiger partial charge on any atom is -0.335 e. The summed E-state index contributed by atoms with van der Waals surface area (Å²) in [7, 11) is -0.828. The van der Waals surface area contributed by atoms with E-state index in [1.165, 1.54) is 13.1 Å². The molecule has 1 aliphatic rings. The molecule has 0 radical (unpaired) electrons. The van der Waals surface area contributed by atoms with Gasteiger partial charge in [-0.1, -0.05) is 30.3 Å². The minimum absolute atomic E-state index is 0.0712. The van der Waals surface area contributed by atoms with Gasteiger partial charge in [0.1, 0.15) is 0 Å². The zero-order valence-electron chi connectivity index (χ0n) is 19.5. The summed E-state index contributed by atoms with van der Waals surface area (Å²) in [5.74, 6) is -0.356. The molecule has 2 aromatic rings. The van der Waals surface area contributed by atoms with Crippen LogP contribution in [0.3, 0.4) is 0 Å². The van der Waals surface area contributed by atoms with E-state index in [1.54, 1.807) is 42.8 Å². The number of amides is 2. The monoisotopic (exact) mass is 457 g/mol. The maximum Gasteiger partial charge on any atom is 0.243 e. The van der Waals surface area contributed by atoms with Crippen molar-refractivity contribution in [1.29, 1.82) is 0 Å². The van der Waals surface area contributed by atoms with Crippen LogP contribution < -0.4 is 4.90 Å². The molecule has 172 valence electrons. The summed E-state index contributed by atoms with van der Waals surface area (Å²) in [6, 6.07) is 14.2. The molecule has 0 N–H and O–H groups in total. The van der Waals surface area contributed by atoms with Crippen LogP contribution in [0.5, 0.6) is 0 Å². The van der Waals surface area contributed by atoms with E-state index in [0.717, 1.165) is 9.87 Å². The molecule has 0 bridgehead atoms. The Kier molecular flexibility index (Phi) is 6.49. The van der Waals surface area contributed by atoms with Gasteiger partial charge in [-0.25, -0.2) is 8.42 Å². The Morgan fingerprint density at radius 3 is 2.31 bits per heavy atom. The lowest BCUT2D eigenvalue weighted by Gasteiger charge is -2.29. The average Bonchev–Trinajstić information content (AvgIpc) is 2.92. The molecule has 8 heteroatoms. The van der Waals surface area contributed by atoms with Crippen LogP contribution in [0.25, 0.3) is 0 Å². The number of rotatable bonds is 7. The SMILES string of the molecule is CC(C)N(Cc1ccccc1)C(=O)CN(C)S(=O)(=O)c1ccc2c(c1)C(C)(C)C(=O)N2C. The quantitative estimate of drug-likeness (QED) is 0.640. The summed E-state index contributed by atoms with van der Waals surface area (Å²) < 4.78 is 27.6. The van der Waals surface area contributed by atoms with E-state index in [2.05, 4.69) is 0 Å². The first-order valence-corrected chi connectivity index (χ1v) is 12.0. The number of carbonyl (C=O) groups is 2. The summed E-state index contributed by atoms with van der Waals surface area (Å²) in [5, 5.41) is 0. The molecular weight excluding hydrogens is 426 g/mol. The topological polar surface area (TPSA) is 78.0 Å². The van der Waals surface area contributed by atoms with Crippen LogP contribution in [-0.2, 0) is 31.6 Å². The van der Waals surface area contributed by atoms with Crippen molar-refractivity contribution in [1.82, 2.24) is 9.21 Å². The van der Waals surface area contributed by atoms with Gasteiger partial charge < -0.3 is 9.80 Å². The van der Waals surface area contributed by atoms with Gasteiger partial charge >= 0.3 is 0 Å². The molecule has 0 atom stereocenters. The molecule has 32 heavy (non-hydrogen) atoms. The minimum atomic E-state index is -3.92. The fourth-order valence-electron chi connectivity index (χ4n) is 4.00. The smallest absolute Gasteiger partial charge is 0.243 e. The van der Waals surface area contributed by atoms with Gasteiger partial charge in [0.15, 0.2) is 0 Å². The van der Waals surface area contributed by atoms with Crippen LogP contribution in [0.15, 0.2) is 53.4 Å². The molecule has 0 saturated carbocycles. The number of benzene rings is 2. The molecule has 1 heterocycles. The molecule has 2 amide bonds. The fraction of sp³-hybridized carbons (Fsp3) is 0.417. The van der Waals surface area contributed by atoms with Crippen LogP contribution in [0.2, 0.25) is 0 Å². The summed E-state index contributed by atoms with van der Waals surface area (Å²) in [4.78, 5) is 28.8. The van der Waals surface area contributed by atoms with Gasteiger partial charge in [0.25, 0.3) is 0 Å². The van der Waals surface area contributed by atoms with Crippen molar-refractivity contribution in [3.63, 3.8) is 0 Å². The van der Waals surface area contributed by atoms with Gasteiger partial charge in [0, 0.05) is 32.4 Å². The second-order valence-corrected chi connectivity index (χ2v) is 11.1. The van der Waals surface area contributed by atoms with E-state index in [-0.39, 0.29) is 29.3 Å².